The Morgan fingerprint density at radius 2 is 2.16 bits per heavy atom. The van der Waals surface area contributed by atoms with E-state index < -0.39 is 0 Å². The quantitative estimate of drug-likeness (QED) is 0.839. The summed E-state index contributed by atoms with van der Waals surface area (Å²) in [5.41, 5.74) is 2.71. The predicted molar refractivity (Wildman–Crippen MR) is 77.6 cm³/mol. The fourth-order valence-electron chi connectivity index (χ4n) is 2.22. The molecule has 1 N–H and O–H groups in total. The van der Waals surface area contributed by atoms with Gasteiger partial charge in [0.05, 0.1) is 17.6 Å². The SMILES string of the molecule is CCn1c(C)nc2cc(C(=O)CNC(C)C)ccc21. The average molecular weight is 259 g/mol. The molecule has 0 unspecified atom stereocenters. The van der Waals surface area contributed by atoms with E-state index >= 15 is 0 Å². The molecule has 0 saturated carbocycles. The van der Waals surface area contributed by atoms with Gasteiger partial charge in [0.15, 0.2) is 5.78 Å². The van der Waals surface area contributed by atoms with Crippen LogP contribution < -0.4 is 5.32 Å². The summed E-state index contributed by atoms with van der Waals surface area (Å²) in [4.78, 5) is 16.6. The van der Waals surface area contributed by atoms with Crippen LogP contribution in [-0.2, 0) is 6.54 Å². The summed E-state index contributed by atoms with van der Waals surface area (Å²) in [6.07, 6.45) is 0. The van der Waals surface area contributed by atoms with Crippen LogP contribution in [0.3, 0.4) is 0 Å². The van der Waals surface area contributed by atoms with Crippen molar-refractivity contribution in [2.45, 2.75) is 40.3 Å². The summed E-state index contributed by atoms with van der Waals surface area (Å²) >= 11 is 0. The Hall–Kier alpha value is -1.68. The average Bonchev–Trinajstić information content (AvgIpc) is 2.69. The highest BCUT2D eigenvalue weighted by atomic mass is 16.1. The van der Waals surface area contributed by atoms with E-state index in [-0.39, 0.29) is 5.78 Å². The molecule has 102 valence electrons. The number of aromatic nitrogens is 2. The summed E-state index contributed by atoms with van der Waals surface area (Å²) in [5.74, 6) is 1.10. The van der Waals surface area contributed by atoms with Crippen LogP contribution in [0.15, 0.2) is 18.2 Å². The predicted octanol–water partition coefficient (Wildman–Crippen LogP) is 2.55. The van der Waals surface area contributed by atoms with Gasteiger partial charge in [0.25, 0.3) is 0 Å². The number of aryl methyl sites for hydroxylation is 2. The van der Waals surface area contributed by atoms with Gasteiger partial charge in [0.2, 0.25) is 0 Å². The number of fused-ring (bicyclic) bond motifs is 1. The Labute approximate surface area is 113 Å². The first-order valence-corrected chi connectivity index (χ1v) is 6.76. The highest BCUT2D eigenvalue weighted by molar-refractivity contribution is 6.00. The minimum atomic E-state index is 0.110. The van der Waals surface area contributed by atoms with Crippen molar-refractivity contribution < 1.29 is 4.79 Å². The monoisotopic (exact) mass is 259 g/mol. The molecular formula is C15H21N3O. The molecule has 0 aliphatic rings. The van der Waals surface area contributed by atoms with Crippen LogP contribution in [0.2, 0.25) is 0 Å². The zero-order chi connectivity index (χ0) is 14.0. The first-order chi connectivity index (χ1) is 9.02. The molecule has 1 heterocycles. The number of hydrogen-bond acceptors (Lipinski definition) is 3. The van der Waals surface area contributed by atoms with Crippen molar-refractivity contribution in [1.82, 2.24) is 14.9 Å². The Bertz CT molecular complexity index is 599. The van der Waals surface area contributed by atoms with E-state index in [0.717, 1.165) is 29.0 Å². The van der Waals surface area contributed by atoms with Gasteiger partial charge in [-0.3, -0.25) is 4.79 Å². The maximum absolute atomic E-state index is 12.1. The summed E-state index contributed by atoms with van der Waals surface area (Å²) in [6, 6.07) is 6.08. The number of Topliss-reactive ketones (excluding diaryl/α,β-unsaturated/α-hetero) is 1. The van der Waals surface area contributed by atoms with E-state index in [1.807, 2.05) is 39.0 Å². The van der Waals surface area contributed by atoms with Crippen LogP contribution in [0.25, 0.3) is 11.0 Å². The molecule has 1 aromatic carbocycles. The third-order valence-electron chi connectivity index (χ3n) is 3.25. The van der Waals surface area contributed by atoms with Gasteiger partial charge in [-0.1, -0.05) is 13.8 Å². The van der Waals surface area contributed by atoms with Crippen molar-refractivity contribution in [2.24, 2.45) is 0 Å². The molecule has 0 spiro atoms. The zero-order valence-electron chi connectivity index (χ0n) is 12.0. The number of hydrogen-bond donors (Lipinski definition) is 1. The number of carbonyl (C=O) groups is 1. The molecule has 0 bridgehead atoms. The lowest BCUT2D eigenvalue weighted by atomic mass is 10.1. The minimum absolute atomic E-state index is 0.110. The molecule has 2 rings (SSSR count). The Kier molecular flexibility index (Phi) is 4.00. The smallest absolute Gasteiger partial charge is 0.176 e. The summed E-state index contributed by atoms with van der Waals surface area (Å²) in [5, 5.41) is 3.14. The maximum Gasteiger partial charge on any atom is 0.176 e. The lowest BCUT2D eigenvalue weighted by molar-refractivity contribution is 0.0988. The number of imidazole rings is 1. The third kappa shape index (κ3) is 2.84. The second-order valence-corrected chi connectivity index (χ2v) is 5.07. The molecule has 19 heavy (non-hydrogen) atoms. The normalized spacial score (nSPS) is 11.4. The topological polar surface area (TPSA) is 46.9 Å². The first-order valence-electron chi connectivity index (χ1n) is 6.76. The van der Waals surface area contributed by atoms with Crippen LogP contribution in [0.4, 0.5) is 0 Å². The van der Waals surface area contributed by atoms with Gasteiger partial charge in [-0.15, -0.1) is 0 Å². The zero-order valence-corrected chi connectivity index (χ0v) is 12.0. The van der Waals surface area contributed by atoms with Gasteiger partial charge >= 0.3 is 0 Å². The highest BCUT2D eigenvalue weighted by Crippen LogP contribution is 2.17. The van der Waals surface area contributed by atoms with E-state index in [1.165, 1.54) is 0 Å². The Morgan fingerprint density at radius 1 is 1.42 bits per heavy atom. The molecular weight excluding hydrogens is 238 g/mol. The van der Waals surface area contributed by atoms with Crippen molar-refractivity contribution in [3.63, 3.8) is 0 Å². The van der Waals surface area contributed by atoms with E-state index in [0.29, 0.717) is 12.6 Å². The summed E-state index contributed by atoms with van der Waals surface area (Å²) in [6.45, 7) is 9.41. The Morgan fingerprint density at radius 3 is 2.79 bits per heavy atom. The van der Waals surface area contributed by atoms with Crippen molar-refractivity contribution in [2.75, 3.05) is 6.54 Å². The molecule has 0 saturated heterocycles. The molecule has 0 radical (unpaired) electrons. The largest absolute Gasteiger partial charge is 0.329 e. The number of nitrogens with zero attached hydrogens (tertiary/aromatic N) is 2. The van der Waals surface area contributed by atoms with Crippen LogP contribution in [-0.4, -0.2) is 27.9 Å². The van der Waals surface area contributed by atoms with Crippen LogP contribution in [0, 0.1) is 6.92 Å². The molecule has 0 aliphatic carbocycles. The summed E-state index contributed by atoms with van der Waals surface area (Å²) < 4.78 is 2.15. The van der Waals surface area contributed by atoms with Crippen molar-refractivity contribution in [3.05, 3.63) is 29.6 Å². The highest BCUT2D eigenvalue weighted by Gasteiger charge is 2.11. The van der Waals surface area contributed by atoms with Gasteiger partial charge < -0.3 is 9.88 Å². The Balaban J connectivity index is 2.29. The van der Waals surface area contributed by atoms with Crippen LogP contribution in [0.1, 0.15) is 37.0 Å². The maximum atomic E-state index is 12.1. The van der Waals surface area contributed by atoms with Gasteiger partial charge in [0.1, 0.15) is 5.82 Å². The molecule has 0 aliphatic heterocycles. The van der Waals surface area contributed by atoms with Gasteiger partial charge in [-0.05, 0) is 32.0 Å². The number of carbonyl (C=O) groups excluding carboxylic acids is 1. The number of rotatable bonds is 5. The third-order valence-corrected chi connectivity index (χ3v) is 3.25. The number of ketones is 1. The van der Waals surface area contributed by atoms with Gasteiger partial charge in [-0.2, -0.15) is 0 Å². The van der Waals surface area contributed by atoms with Gasteiger partial charge in [0, 0.05) is 18.2 Å². The van der Waals surface area contributed by atoms with Crippen LogP contribution >= 0.6 is 0 Å². The lowest BCUT2D eigenvalue weighted by Gasteiger charge is -2.07. The lowest BCUT2D eigenvalue weighted by Crippen LogP contribution is -2.29. The molecule has 0 atom stereocenters. The molecule has 2 aromatic rings. The number of benzene rings is 1. The molecule has 4 nitrogen and oxygen atoms in total. The van der Waals surface area contributed by atoms with Crippen molar-refractivity contribution in [3.8, 4) is 0 Å². The summed E-state index contributed by atoms with van der Waals surface area (Å²) in [7, 11) is 0. The van der Waals surface area contributed by atoms with Gasteiger partial charge in [-0.25, -0.2) is 4.98 Å². The number of nitrogens with one attached hydrogen (secondary N) is 1. The molecule has 0 amide bonds. The second-order valence-electron chi connectivity index (χ2n) is 5.07. The minimum Gasteiger partial charge on any atom is -0.329 e. The fraction of sp³-hybridized carbons (Fsp3) is 0.467. The van der Waals surface area contributed by atoms with E-state index in [2.05, 4.69) is 21.8 Å². The van der Waals surface area contributed by atoms with E-state index in [1.54, 1.807) is 0 Å². The standard InChI is InChI=1S/C15H21N3O/c1-5-18-11(4)17-13-8-12(6-7-14(13)18)15(19)9-16-10(2)3/h6-8,10,16H,5,9H2,1-4H3. The fourth-order valence-corrected chi connectivity index (χ4v) is 2.22. The molecule has 0 fully saturated rings. The van der Waals surface area contributed by atoms with E-state index in [9.17, 15) is 4.79 Å². The first kappa shape index (κ1) is 13.7. The second kappa shape index (κ2) is 5.53. The van der Waals surface area contributed by atoms with Crippen molar-refractivity contribution in [1.29, 1.82) is 0 Å². The van der Waals surface area contributed by atoms with E-state index in [4.69, 9.17) is 0 Å². The van der Waals surface area contributed by atoms with Crippen LogP contribution in [0.5, 0.6) is 0 Å². The molecule has 1 aromatic heterocycles. The van der Waals surface area contributed by atoms with Crippen molar-refractivity contribution >= 4 is 16.8 Å². The molecule has 4 heteroatoms.